The molecule has 0 spiro atoms. The van der Waals surface area contributed by atoms with Crippen molar-refractivity contribution >= 4 is 17.6 Å². The Kier molecular flexibility index (Phi) is 7.01. The second-order valence-corrected chi connectivity index (χ2v) is 4.86. The number of hydrogen-bond donors (Lipinski definition) is 2. The summed E-state index contributed by atoms with van der Waals surface area (Å²) in [6.45, 7) is 6.10. The number of benzene rings is 1. The summed E-state index contributed by atoms with van der Waals surface area (Å²) in [5.74, 6) is -0.485. The highest BCUT2D eigenvalue weighted by molar-refractivity contribution is 5.94. The minimum Gasteiger partial charge on any atom is -0.462 e. The summed E-state index contributed by atoms with van der Waals surface area (Å²) in [6, 6.07) is 6.86. The number of carbonyl (C=O) groups excluding carboxylic acids is 2. The van der Waals surface area contributed by atoms with Crippen molar-refractivity contribution < 1.29 is 14.3 Å². The van der Waals surface area contributed by atoms with Gasteiger partial charge in [-0.1, -0.05) is 12.6 Å². The number of nitrogens with one attached hydrogen (secondary N) is 1. The first kappa shape index (κ1) is 16.8. The first-order valence-electron chi connectivity index (χ1n) is 6.97. The quantitative estimate of drug-likeness (QED) is 0.333. The van der Waals surface area contributed by atoms with Gasteiger partial charge in [-0.15, -0.1) is 0 Å². The van der Waals surface area contributed by atoms with Crippen molar-refractivity contribution in [3.8, 4) is 0 Å². The molecule has 0 fully saturated rings. The van der Waals surface area contributed by atoms with E-state index in [9.17, 15) is 9.59 Å². The molecule has 5 heteroatoms. The van der Waals surface area contributed by atoms with Crippen molar-refractivity contribution in [3.63, 3.8) is 0 Å². The van der Waals surface area contributed by atoms with Gasteiger partial charge in [0, 0.05) is 23.4 Å². The number of rotatable bonds is 8. The Labute approximate surface area is 125 Å². The van der Waals surface area contributed by atoms with Crippen LogP contribution in [0.25, 0.3) is 0 Å². The third-order valence-corrected chi connectivity index (χ3v) is 2.84. The summed E-state index contributed by atoms with van der Waals surface area (Å²) in [7, 11) is 0. The smallest absolute Gasteiger partial charge is 0.333 e. The molecule has 1 rings (SSSR count). The molecular formula is C16H22N2O3. The highest BCUT2D eigenvalue weighted by atomic mass is 16.5. The van der Waals surface area contributed by atoms with Crippen LogP contribution in [-0.4, -0.2) is 25.0 Å². The lowest BCUT2D eigenvalue weighted by Gasteiger charge is -2.06. The Bertz CT molecular complexity index is 512. The van der Waals surface area contributed by atoms with Crippen molar-refractivity contribution in [1.82, 2.24) is 5.32 Å². The second kappa shape index (κ2) is 8.79. The van der Waals surface area contributed by atoms with Gasteiger partial charge < -0.3 is 15.8 Å². The Hall–Kier alpha value is -2.30. The standard InChI is InChI=1S/C16H22N2O3/c1-12(2)16(20)21-10-5-3-4-9-18-15(19)13-7-6-8-14(17)11-13/h6-8,11H,1,3-5,9-10,17H2,2H3,(H,18,19). The van der Waals surface area contributed by atoms with Crippen molar-refractivity contribution in [1.29, 1.82) is 0 Å². The minimum atomic E-state index is -0.357. The van der Waals surface area contributed by atoms with Gasteiger partial charge in [-0.25, -0.2) is 4.79 Å². The molecule has 0 aliphatic heterocycles. The Morgan fingerprint density at radius 3 is 2.71 bits per heavy atom. The number of carbonyl (C=O) groups is 2. The molecule has 0 atom stereocenters. The van der Waals surface area contributed by atoms with Gasteiger partial charge in [-0.3, -0.25) is 4.79 Å². The molecule has 0 radical (unpaired) electrons. The van der Waals surface area contributed by atoms with Crippen LogP contribution < -0.4 is 11.1 Å². The third-order valence-electron chi connectivity index (χ3n) is 2.84. The van der Waals surface area contributed by atoms with Crippen molar-refractivity contribution in [3.05, 3.63) is 42.0 Å². The Balaban J connectivity index is 2.10. The lowest BCUT2D eigenvalue weighted by Crippen LogP contribution is -2.24. The fourth-order valence-corrected chi connectivity index (χ4v) is 1.68. The van der Waals surface area contributed by atoms with Crippen LogP contribution in [0.4, 0.5) is 5.69 Å². The average Bonchev–Trinajstić information content (AvgIpc) is 2.45. The van der Waals surface area contributed by atoms with E-state index in [0.717, 1.165) is 19.3 Å². The zero-order valence-electron chi connectivity index (χ0n) is 12.4. The molecule has 0 saturated carbocycles. The van der Waals surface area contributed by atoms with E-state index >= 15 is 0 Å². The predicted molar refractivity (Wildman–Crippen MR) is 82.8 cm³/mol. The van der Waals surface area contributed by atoms with Gasteiger partial charge in [-0.05, 0) is 44.4 Å². The van der Waals surface area contributed by atoms with Crippen molar-refractivity contribution in [2.45, 2.75) is 26.2 Å². The van der Waals surface area contributed by atoms with E-state index in [1.165, 1.54) is 0 Å². The van der Waals surface area contributed by atoms with Crippen molar-refractivity contribution in [2.24, 2.45) is 0 Å². The number of nitrogens with two attached hydrogens (primary N) is 1. The number of nitrogen functional groups attached to an aromatic ring is 1. The van der Waals surface area contributed by atoms with E-state index in [4.69, 9.17) is 10.5 Å². The van der Waals surface area contributed by atoms with E-state index in [-0.39, 0.29) is 11.9 Å². The summed E-state index contributed by atoms with van der Waals surface area (Å²) in [4.78, 5) is 22.9. The molecule has 0 heterocycles. The van der Waals surface area contributed by atoms with Gasteiger partial charge in [0.05, 0.1) is 6.61 Å². The van der Waals surface area contributed by atoms with Crippen LogP contribution in [0.1, 0.15) is 36.5 Å². The van der Waals surface area contributed by atoms with Crippen LogP contribution in [0.3, 0.4) is 0 Å². The van der Waals surface area contributed by atoms with E-state index in [1.54, 1.807) is 31.2 Å². The summed E-state index contributed by atoms with van der Waals surface area (Å²) in [6.07, 6.45) is 2.48. The van der Waals surface area contributed by atoms with Gasteiger partial charge >= 0.3 is 5.97 Å². The second-order valence-electron chi connectivity index (χ2n) is 4.86. The van der Waals surface area contributed by atoms with E-state index in [1.807, 2.05) is 0 Å². The number of ether oxygens (including phenoxy) is 1. The van der Waals surface area contributed by atoms with Gasteiger partial charge in [0.1, 0.15) is 0 Å². The van der Waals surface area contributed by atoms with Gasteiger partial charge in [-0.2, -0.15) is 0 Å². The maximum Gasteiger partial charge on any atom is 0.333 e. The zero-order chi connectivity index (χ0) is 15.7. The number of hydrogen-bond acceptors (Lipinski definition) is 4. The third kappa shape index (κ3) is 6.61. The Morgan fingerprint density at radius 2 is 2.05 bits per heavy atom. The summed E-state index contributed by atoms with van der Waals surface area (Å²) < 4.78 is 4.97. The van der Waals surface area contributed by atoms with Crippen LogP contribution in [0.15, 0.2) is 36.4 Å². The SMILES string of the molecule is C=C(C)C(=O)OCCCCCNC(=O)c1cccc(N)c1. The number of amides is 1. The monoisotopic (exact) mass is 290 g/mol. The predicted octanol–water partition coefficient (Wildman–Crippen LogP) is 2.29. The number of anilines is 1. The molecule has 0 aromatic heterocycles. The van der Waals surface area contributed by atoms with Crippen LogP contribution in [0.5, 0.6) is 0 Å². The number of unbranched alkanes of at least 4 members (excludes halogenated alkanes) is 2. The highest BCUT2D eigenvalue weighted by Gasteiger charge is 2.05. The molecule has 3 N–H and O–H groups in total. The van der Waals surface area contributed by atoms with Gasteiger partial charge in [0.15, 0.2) is 0 Å². The first-order chi connectivity index (χ1) is 10.0. The molecule has 0 bridgehead atoms. The first-order valence-corrected chi connectivity index (χ1v) is 6.97. The van der Waals surface area contributed by atoms with Crippen molar-refractivity contribution in [2.75, 3.05) is 18.9 Å². The molecular weight excluding hydrogens is 268 g/mol. The molecule has 1 aromatic carbocycles. The van der Waals surface area contributed by atoms with E-state index in [2.05, 4.69) is 11.9 Å². The molecule has 5 nitrogen and oxygen atoms in total. The molecule has 114 valence electrons. The van der Waals surface area contributed by atoms with Crippen LogP contribution in [0.2, 0.25) is 0 Å². The van der Waals surface area contributed by atoms with E-state index in [0.29, 0.717) is 30.0 Å². The minimum absolute atomic E-state index is 0.129. The number of esters is 1. The summed E-state index contributed by atoms with van der Waals surface area (Å²) in [5, 5.41) is 2.83. The average molecular weight is 290 g/mol. The molecule has 0 aliphatic carbocycles. The topological polar surface area (TPSA) is 81.4 Å². The van der Waals surface area contributed by atoms with Crippen LogP contribution in [-0.2, 0) is 9.53 Å². The summed E-state index contributed by atoms with van der Waals surface area (Å²) >= 11 is 0. The Morgan fingerprint density at radius 1 is 1.29 bits per heavy atom. The normalized spacial score (nSPS) is 9.95. The largest absolute Gasteiger partial charge is 0.462 e. The highest BCUT2D eigenvalue weighted by Crippen LogP contribution is 2.06. The lowest BCUT2D eigenvalue weighted by molar-refractivity contribution is -0.139. The van der Waals surface area contributed by atoms with Gasteiger partial charge in [0.2, 0.25) is 0 Å². The fraction of sp³-hybridized carbons (Fsp3) is 0.375. The molecule has 1 aromatic rings. The van der Waals surface area contributed by atoms with Crippen LogP contribution in [0, 0.1) is 0 Å². The van der Waals surface area contributed by atoms with E-state index < -0.39 is 0 Å². The fourth-order valence-electron chi connectivity index (χ4n) is 1.68. The van der Waals surface area contributed by atoms with Gasteiger partial charge in [0.25, 0.3) is 5.91 Å². The van der Waals surface area contributed by atoms with Crippen LogP contribution >= 0.6 is 0 Å². The molecule has 0 saturated heterocycles. The molecule has 0 unspecified atom stereocenters. The maximum atomic E-state index is 11.8. The molecule has 21 heavy (non-hydrogen) atoms. The maximum absolute atomic E-state index is 11.8. The lowest BCUT2D eigenvalue weighted by atomic mass is 10.2. The molecule has 1 amide bonds. The zero-order valence-corrected chi connectivity index (χ0v) is 12.4. The molecule has 0 aliphatic rings. The summed E-state index contributed by atoms with van der Waals surface area (Å²) in [5.41, 5.74) is 7.16.